The monoisotopic (exact) mass is 426 g/mol. The number of fused-ring (bicyclic) bond motifs is 2. The molecule has 3 N–H and O–H groups in total. The lowest BCUT2D eigenvalue weighted by atomic mass is 10.0. The van der Waals surface area contributed by atoms with Crippen molar-refractivity contribution in [2.24, 2.45) is 17.6 Å². The number of ether oxygens (including phenoxy) is 1. The van der Waals surface area contributed by atoms with E-state index in [2.05, 4.69) is 20.2 Å². The predicted molar refractivity (Wildman–Crippen MR) is 110 cm³/mol. The van der Waals surface area contributed by atoms with E-state index in [1.165, 1.54) is 12.1 Å². The van der Waals surface area contributed by atoms with Gasteiger partial charge in [-0.15, -0.1) is 0 Å². The number of nitrogens with one attached hydrogen (secondary N) is 1. The van der Waals surface area contributed by atoms with Crippen molar-refractivity contribution in [2.45, 2.75) is 13.0 Å². The van der Waals surface area contributed by atoms with Crippen LogP contribution in [0.4, 0.5) is 21.7 Å². The molecular formula is C21H23FN6O3. The average Bonchev–Trinajstić information content (AvgIpc) is 3.38. The summed E-state index contributed by atoms with van der Waals surface area (Å²) in [7, 11) is 1.72. The fourth-order valence-electron chi connectivity index (χ4n) is 4.72. The molecule has 5 rings (SSSR count). The van der Waals surface area contributed by atoms with Crippen LogP contribution in [-0.2, 0) is 9.53 Å². The summed E-state index contributed by atoms with van der Waals surface area (Å²) in [6, 6.07) is 2.12. The summed E-state index contributed by atoms with van der Waals surface area (Å²) in [5.41, 5.74) is 7.38. The molecule has 0 spiro atoms. The molecule has 162 valence electrons. The van der Waals surface area contributed by atoms with Crippen LogP contribution in [0, 0.1) is 24.6 Å². The summed E-state index contributed by atoms with van der Waals surface area (Å²) in [6.45, 7) is 4.77. The number of benzene rings is 1. The van der Waals surface area contributed by atoms with Crippen LogP contribution in [0.2, 0.25) is 0 Å². The first-order valence-corrected chi connectivity index (χ1v) is 10.2. The molecule has 1 aromatic heterocycles. The van der Waals surface area contributed by atoms with Crippen molar-refractivity contribution < 1.29 is 18.7 Å². The second kappa shape index (κ2) is 7.24. The fourth-order valence-corrected chi connectivity index (χ4v) is 4.72. The van der Waals surface area contributed by atoms with Crippen LogP contribution in [0.15, 0.2) is 18.3 Å². The Bertz CT molecular complexity index is 1080. The highest BCUT2D eigenvalue weighted by atomic mass is 19.1. The van der Waals surface area contributed by atoms with Gasteiger partial charge in [0.2, 0.25) is 11.9 Å². The first kappa shape index (κ1) is 19.8. The topological polar surface area (TPSA) is 114 Å². The number of aromatic nitrogens is 2. The summed E-state index contributed by atoms with van der Waals surface area (Å²) < 4.78 is 19.8. The number of hydrogen-bond acceptors (Lipinski definition) is 7. The number of hydrogen-bond donors (Lipinski definition) is 2. The Morgan fingerprint density at radius 1 is 1.29 bits per heavy atom. The number of amides is 2. The molecule has 3 aliphatic rings. The standard InChI is InChI=1S/C21H23FN6O3/c1-10-3-13(19(23)29)14(22)4-15(10)25-21-24-5-16-17(26-21)18(20(30)27(16)2)28-6-11-8-31-9-12(11)7-28/h3-5,11-12,18H,6-9H2,1-2H3,(H2,23,29)(H,24,25,26). The largest absolute Gasteiger partial charge is 0.381 e. The van der Waals surface area contributed by atoms with Gasteiger partial charge in [-0.1, -0.05) is 0 Å². The third-order valence-corrected chi connectivity index (χ3v) is 6.44. The molecule has 31 heavy (non-hydrogen) atoms. The zero-order valence-corrected chi connectivity index (χ0v) is 17.3. The molecule has 0 bridgehead atoms. The van der Waals surface area contributed by atoms with E-state index in [-0.39, 0.29) is 17.4 Å². The second-order valence-corrected chi connectivity index (χ2v) is 8.41. The molecule has 0 saturated carbocycles. The minimum absolute atomic E-state index is 0.0321. The molecule has 10 heteroatoms. The Morgan fingerprint density at radius 2 is 2.00 bits per heavy atom. The van der Waals surface area contributed by atoms with Gasteiger partial charge in [0.1, 0.15) is 11.9 Å². The van der Waals surface area contributed by atoms with E-state index >= 15 is 0 Å². The van der Waals surface area contributed by atoms with E-state index in [9.17, 15) is 14.0 Å². The van der Waals surface area contributed by atoms with E-state index in [0.717, 1.165) is 26.3 Å². The zero-order chi connectivity index (χ0) is 21.9. The minimum atomic E-state index is -0.828. The van der Waals surface area contributed by atoms with Crippen LogP contribution in [0.5, 0.6) is 0 Å². The quantitative estimate of drug-likeness (QED) is 0.759. The molecule has 3 unspecified atom stereocenters. The third-order valence-electron chi connectivity index (χ3n) is 6.44. The maximum Gasteiger partial charge on any atom is 0.251 e. The van der Waals surface area contributed by atoms with Gasteiger partial charge in [-0.25, -0.2) is 14.4 Å². The smallest absolute Gasteiger partial charge is 0.251 e. The van der Waals surface area contributed by atoms with Crippen molar-refractivity contribution in [1.82, 2.24) is 14.9 Å². The third kappa shape index (κ3) is 3.22. The minimum Gasteiger partial charge on any atom is -0.381 e. The molecule has 9 nitrogen and oxygen atoms in total. The normalized spacial score (nSPS) is 25.1. The summed E-state index contributed by atoms with van der Waals surface area (Å²) >= 11 is 0. The Kier molecular flexibility index (Phi) is 4.63. The molecule has 3 aliphatic heterocycles. The van der Waals surface area contributed by atoms with Crippen LogP contribution in [0.25, 0.3) is 0 Å². The average molecular weight is 426 g/mol. The Labute approximate surface area is 178 Å². The highest BCUT2D eigenvalue weighted by molar-refractivity contribution is 6.03. The maximum absolute atomic E-state index is 14.2. The van der Waals surface area contributed by atoms with E-state index in [4.69, 9.17) is 10.5 Å². The number of carbonyl (C=O) groups is 2. The highest BCUT2D eigenvalue weighted by Gasteiger charge is 2.47. The SMILES string of the molecule is Cc1cc(C(N)=O)c(F)cc1Nc1ncc2c(n1)C(N1CC3COCC3C1)C(=O)N2C. The van der Waals surface area contributed by atoms with E-state index in [1.54, 1.807) is 25.1 Å². The molecule has 2 saturated heterocycles. The molecule has 0 aliphatic carbocycles. The number of anilines is 3. The van der Waals surface area contributed by atoms with Crippen LogP contribution in [0.3, 0.4) is 0 Å². The van der Waals surface area contributed by atoms with Crippen LogP contribution in [0.1, 0.15) is 27.7 Å². The Balaban J connectivity index is 1.45. The molecule has 2 aromatic rings. The van der Waals surface area contributed by atoms with Gasteiger partial charge in [0.05, 0.1) is 36.4 Å². The number of halogens is 1. The maximum atomic E-state index is 14.2. The highest BCUT2D eigenvalue weighted by Crippen LogP contribution is 2.42. The predicted octanol–water partition coefficient (Wildman–Crippen LogP) is 1.36. The Hall–Kier alpha value is -3.11. The lowest BCUT2D eigenvalue weighted by molar-refractivity contribution is -0.122. The van der Waals surface area contributed by atoms with Gasteiger partial charge in [0, 0.05) is 37.7 Å². The summed E-state index contributed by atoms with van der Waals surface area (Å²) in [4.78, 5) is 37.1. The number of carbonyl (C=O) groups excluding carboxylic acids is 2. The number of aryl methyl sites for hydroxylation is 1. The van der Waals surface area contributed by atoms with Crippen molar-refractivity contribution in [3.8, 4) is 0 Å². The molecular weight excluding hydrogens is 403 g/mol. The van der Waals surface area contributed by atoms with Gasteiger partial charge in [-0.05, 0) is 24.6 Å². The van der Waals surface area contributed by atoms with Crippen molar-refractivity contribution in [3.05, 3.63) is 41.0 Å². The molecule has 0 radical (unpaired) electrons. The van der Waals surface area contributed by atoms with Gasteiger partial charge in [-0.2, -0.15) is 0 Å². The number of primary amides is 1. The van der Waals surface area contributed by atoms with Gasteiger partial charge in [0.15, 0.2) is 0 Å². The van der Waals surface area contributed by atoms with Crippen LogP contribution < -0.4 is 16.0 Å². The van der Waals surface area contributed by atoms with E-state index < -0.39 is 17.8 Å². The number of nitrogens with two attached hydrogens (primary N) is 1. The summed E-state index contributed by atoms with van der Waals surface area (Å²) in [5, 5.41) is 3.01. The molecule has 2 amide bonds. The van der Waals surface area contributed by atoms with Gasteiger partial charge in [0.25, 0.3) is 5.91 Å². The van der Waals surface area contributed by atoms with Crippen molar-refractivity contribution in [1.29, 1.82) is 0 Å². The summed E-state index contributed by atoms with van der Waals surface area (Å²) in [6.07, 6.45) is 1.60. The zero-order valence-electron chi connectivity index (χ0n) is 17.3. The Morgan fingerprint density at radius 3 is 2.68 bits per heavy atom. The number of rotatable bonds is 4. The number of nitrogens with zero attached hydrogens (tertiary/aromatic N) is 4. The van der Waals surface area contributed by atoms with Crippen LogP contribution in [-0.4, -0.2) is 60.0 Å². The van der Waals surface area contributed by atoms with Crippen molar-refractivity contribution in [3.63, 3.8) is 0 Å². The molecule has 1 aromatic carbocycles. The van der Waals surface area contributed by atoms with E-state index in [1.807, 2.05) is 0 Å². The first-order valence-electron chi connectivity index (χ1n) is 10.2. The molecule has 3 atom stereocenters. The lowest BCUT2D eigenvalue weighted by Gasteiger charge is -2.23. The van der Waals surface area contributed by atoms with Crippen LogP contribution >= 0.6 is 0 Å². The molecule has 2 fully saturated rings. The van der Waals surface area contributed by atoms with Crippen molar-refractivity contribution in [2.75, 3.05) is 43.6 Å². The lowest BCUT2D eigenvalue weighted by Crippen LogP contribution is -2.36. The molecule has 4 heterocycles. The van der Waals surface area contributed by atoms with Gasteiger partial charge >= 0.3 is 0 Å². The second-order valence-electron chi connectivity index (χ2n) is 8.41. The fraction of sp³-hybridized carbons (Fsp3) is 0.429. The van der Waals surface area contributed by atoms with Gasteiger partial charge < -0.3 is 20.7 Å². The van der Waals surface area contributed by atoms with Crippen molar-refractivity contribution >= 4 is 29.1 Å². The number of likely N-dealkylation sites (N-methyl/N-ethyl adjacent to an activating group) is 1. The van der Waals surface area contributed by atoms with Gasteiger partial charge in [-0.3, -0.25) is 14.5 Å². The number of likely N-dealkylation sites (tertiary alicyclic amines) is 1. The summed E-state index contributed by atoms with van der Waals surface area (Å²) in [5.74, 6) is -0.447. The first-order chi connectivity index (χ1) is 14.8. The van der Waals surface area contributed by atoms with E-state index in [0.29, 0.717) is 34.5 Å².